The molecule has 0 aromatic carbocycles. The minimum Gasteiger partial charge on any atom is -0.480 e. The molecule has 3 nitrogen and oxygen atoms in total. The molecule has 0 bridgehead atoms. The van der Waals surface area contributed by atoms with Gasteiger partial charge in [0.15, 0.2) is 0 Å². The van der Waals surface area contributed by atoms with Gasteiger partial charge in [0.25, 0.3) is 0 Å². The van der Waals surface area contributed by atoms with E-state index in [-0.39, 0.29) is 0 Å². The van der Waals surface area contributed by atoms with Gasteiger partial charge in [0.05, 0.1) is 8.07 Å². The number of aliphatic hydroxyl groups excluding tert-OH is 1. The molecular weight excluding hydrogens is 136 g/mol. The molecule has 2 N–H and O–H groups in total. The summed E-state index contributed by atoms with van der Waals surface area (Å²) in [6, 6.07) is 0. The summed E-state index contributed by atoms with van der Waals surface area (Å²) >= 11 is 0. The van der Waals surface area contributed by atoms with E-state index in [2.05, 4.69) is 0 Å². The second-order valence-electron chi connectivity index (χ2n) is 3.11. The number of hydrogen-bond donors (Lipinski definition) is 2. The Morgan fingerprint density at radius 1 is 1.44 bits per heavy atom. The monoisotopic (exact) mass is 148 g/mol. The molecule has 0 amide bonds. The van der Waals surface area contributed by atoms with Crippen molar-refractivity contribution in [3.05, 3.63) is 0 Å². The molecule has 0 aromatic heterocycles. The van der Waals surface area contributed by atoms with Crippen LogP contribution in [0.3, 0.4) is 0 Å². The van der Waals surface area contributed by atoms with E-state index < -0.39 is 19.8 Å². The Hall–Kier alpha value is -0.353. The molecule has 0 heterocycles. The lowest BCUT2D eigenvalue weighted by atomic mass is 10.7. The Bertz CT molecular complexity index is 116. The van der Waals surface area contributed by atoms with Crippen molar-refractivity contribution >= 4 is 14.0 Å². The van der Waals surface area contributed by atoms with Crippen LogP contribution in [0.5, 0.6) is 0 Å². The van der Waals surface area contributed by atoms with Gasteiger partial charge in [-0.2, -0.15) is 0 Å². The number of aliphatic carboxylic acids is 1. The first-order valence-electron chi connectivity index (χ1n) is 2.76. The number of rotatable bonds is 2. The van der Waals surface area contributed by atoms with E-state index in [0.717, 1.165) is 0 Å². The molecule has 0 spiro atoms. The lowest BCUT2D eigenvalue weighted by molar-refractivity contribution is -0.142. The SMILES string of the molecule is C[Si](C)(C)C(O)C(=O)O. The maximum atomic E-state index is 10.1. The van der Waals surface area contributed by atoms with Gasteiger partial charge in [-0.05, 0) is 0 Å². The first-order valence-corrected chi connectivity index (χ1v) is 6.34. The van der Waals surface area contributed by atoms with Crippen molar-refractivity contribution in [2.45, 2.75) is 25.4 Å². The average molecular weight is 148 g/mol. The van der Waals surface area contributed by atoms with Gasteiger partial charge in [0, 0.05) is 0 Å². The molecule has 0 saturated heterocycles. The highest BCUT2D eigenvalue weighted by Crippen LogP contribution is 2.06. The second kappa shape index (κ2) is 2.49. The molecule has 4 heteroatoms. The van der Waals surface area contributed by atoms with Gasteiger partial charge in [-0.25, -0.2) is 4.79 Å². The fourth-order valence-corrected chi connectivity index (χ4v) is 1.11. The molecule has 0 aliphatic heterocycles. The number of hydrogen-bond acceptors (Lipinski definition) is 2. The van der Waals surface area contributed by atoms with Crippen LogP contribution >= 0.6 is 0 Å². The maximum Gasteiger partial charge on any atom is 0.328 e. The summed E-state index contributed by atoms with van der Waals surface area (Å²) in [7, 11) is -1.87. The summed E-state index contributed by atoms with van der Waals surface area (Å²) in [6.07, 6.45) is 0. The predicted molar refractivity (Wildman–Crippen MR) is 37.0 cm³/mol. The van der Waals surface area contributed by atoms with Crippen molar-refractivity contribution in [2.75, 3.05) is 0 Å². The predicted octanol–water partition coefficient (Wildman–Crippen LogP) is 0.309. The topological polar surface area (TPSA) is 57.5 Å². The number of carbonyl (C=O) groups is 1. The number of aliphatic hydroxyl groups is 1. The highest BCUT2D eigenvalue weighted by Gasteiger charge is 2.30. The summed E-state index contributed by atoms with van der Waals surface area (Å²) in [5.74, 6) is -1.10. The van der Waals surface area contributed by atoms with Crippen LogP contribution in [-0.4, -0.2) is 30.0 Å². The van der Waals surface area contributed by atoms with Crippen LogP contribution < -0.4 is 0 Å². The van der Waals surface area contributed by atoms with E-state index in [9.17, 15) is 4.79 Å². The van der Waals surface area contributed by atoms with E-state index in [1.54, 1.807) is 0 Å². The minimum atomic E-state index is -1.87. The molecule has 0 saturated carbocycles. The van der Waals surface area contributed by atoms with Crippen LogP contribution in [0.2, 0.25) is 19.6 Å². The van der Waals surface area contributed by atoms with Gasteiger partial charge in [0.2, 0.25) is 0 Å². The normalized spacial score (nSPS) is 15.1. The zero-order chi connectivity index (χ0) is 7.65. The quantitative estimate of drug-likeness (QED) is 0.554. The van der Waals surface area contributed by atoms with Gasteiger partial charge in [-0.15, -0.1) is 0 Å². The third-order valence-corrected chi connectivity index (χ3v) is 2.94. The molecule has 54 valence electrons. The van der Waals surface area contributed by atoms with Crippen LogP contribution in [0.1, 0.15) is 0 Å². The fourth-order valence-electron chi connectivity index (χ4n) is 0.370. The summed E-state index contributed by atoms with van der Waals surface area (Å²) in [5.41, 5.74) is -1.13. The van der Waals surface area contributed by atoms with Gasteiger partial charge < -0.3 is 10.2 Å². The van der Waals surface area contributed by atoms with Crippen LogP contribution in [-0.2, 0) is 4.79 Å². The van der Waals surface area contributed by atoms with Crippen molar-refractivity contribution in [2.24, 2.45) is 0 Å². The number of carboxylic acids is 1. The third kappa shape index (κ3) is 2.62. The van der Waals surface area contributed by atoms with E-state index >= 15 is 0 Å². The highest BCUT2D eigenvalue weighted by molar-refractivity contribution is 6.79. The van der Waals surface area contributed by atoms with Crippen LogP contribution in [0.15, 0.2) is 0 Å². The van der Waals surface area contributed by atoms with Crippen molar-refractivity contribution in [1.29, 1.82) is 0 Å². The van der Waals surface area contributed by atoms with Gasteiger partial charge in [-0.1, -0.05) is 19.6 Å². The van der Waals surface area contributed by atoms with Crippen molar-refractivity contribution in [3.63, 3.8) is 0 Å². The Balaban J connectivity index is 4.04. The zero-order valence-electron chi connectivity index (χ0n) is 5.88. The molecular formula is C5H12O3Si. The maximum absolute atomic E-state index is 10.1. The molecule has 0 rings (SSSR count). The minimum absolute atomic E-state index is 1.10. The zero-order valence-corrected chi connectivity index (χ0v) is 6.88. The van der Waals surface area contributed by atoms with Crippen LogP contribution in [0, 0.1) is 0 Å². The van der Waals surface area contributed by atoms with E-state index in [4.69, 9.17) is 10.2 Å². The van der Waals surface area contributed by atoms with Crippen molar-refractivity contribution < 1.29 is 15.0 Å². The van der Waals surface area contributed by atoms with Crippen LogP contribution in [0.4, 0.5) is 0 Å². The average Bonchev–Trinajstić information content (AvgIpc) is 1.62. The van der Waals surface area contributed by atoms with E-state index in [1.807, 2.05) is 19.6 Å². The molecule has 1 unspecified atom stereocenters. The molecule has 0 aromatic rings. The summed E-state index contributed by atoms with van der Waals surface area (Å²) in [5, 5.41) is 17.2. The molecule has 0 fully saturated rings. The van der Waals surface area contributed by atoms with Gasteiger partial charge in [0.1, 0.15) is 5.73 Å². The summed E-state index contributed by atoms with van der Waals surface area (Å²) in [6.45, 7) is 5.43. The van der Waals surface area contributed by atoms with Crippen molar-refractivity contribution in [1.82, 2.24) is 0 Å². The molecule has 0 radical (unpaired) electrons. The van der Waals surface area contributed by atoms with Gasteiger partial charge >= 0.3 is 5.97 Å². The largest absolute Gasteiger partial charge is 0.480 e. The Morgan fingerprint density at radius 2 is 1.78 bits per heavy atom. The molecule has 0 aliphatic carbocycles. The summed E-state index contributed by atoms with van der Waals surface area (Å²) < 4.78 is 0. The third-order valence-electron chi connectivity index (χ3n) is 1.05. The standard InChI is InChI=1S/C5H12O3Si/c1-9(2,3)5(8)4(6)7/h5,8H,1-3H3,(H,6,7). The van der Waals surface area contributed by atoms with Gasteiger partial charge in [-0.3, -0.25) is 0 Å². The van der Waals surface area contributed by atoms with Crippen molar-refractivity contribution in [3.8, 4) is 0 Å². The molecule has 0 aliphatic rings. The summed E-state index contributed by atoms with van der Waals surface area (Å²) in [4.78, 5) is 10.1. The smallest absolute Gasteiger partial charge is 0.328 e. The Labute approximate surface area is 55.3 Å². The van der Waals surface area contributed by atoms with Crippen LogP contribution in [0.25, 0.3) is 0 Å². The fraction of sp³-hybridized carbons (Fsp3) is 0.800. The first-order chi connectivity index (χ1) is 3.85. The lowest BCUT2D eigenvalue weighted by Crippen LogP contribution is -2.43. The van der Waals surface area contributed by atoms with E-state index in [1.165, 1.54) is 0 Å². The Kier molecular flexibility index (Phi) is 2.39. The molecule has 9 heavy (non-hydrogen) atoms. The lowest BCUT2D eigenvalue weighted by Gasteiger charge is -2.18. The number of carboxylic acid groups (broad SMARTS) is 1. The molecule has 1 atom stereocenters. The van der Waals surface area contributed by atoms with E-state index in [0.29, 0.717) is 0 Å². The first kappa shape index (κ1) is 8.65. The second-order valence-corrected chi connectivity index (χ2v) is 8.39. The Morgan fingerprint density at radius 3 is 1.78 bits per heavy atom. The highest BCUT2D eigenvalue weighted by atomic mass is 28.3.